The third-order valence-electron chi connectivity index (χ3n) is 2.10. The maximum atomic E-state index is 12.3. The van der Waals surface area contributed by atoms with Gasteiger partial charge in [-0.3, -0.25) is 4.39 Å². The van der Waals surface area contributed by atoms with Crippen LogP contribution in [0.15, 0.2) is 24.3 Å². The monoisotopic (exact) mass is 220 g/mol. The van der Waals surface area contributed by atoms with Gasteiger partial charge >= 0.3 is 6.18 Å². The minimum atomic E-state index is -4.30. The second-order valence-corrected chi connectivity index (χ2v) is 3.34. The number of unbranched alkanes of at least 4 members (excludes halogenated alkanes) is 1. The van der Waals surface area contributed by atoms with Crippen LogP contribution in [0.4, 0.5) is 17.6 Å². The zero-order valence-corrected chi connectivity index (χ0v) is 8.15. The first kappa shape index (κ1) is 12.0. The zero-order chi connectivity index (χ0) is 11.3. The van der Waals surface area contributed by atoms with Gasteiger partial charge in [0, 0.05) is 0 Å². The van der Waals surface area contributed by atoms with Gasteiger partial charge in [0.1, 0.15) is 0 Å². The van der Waals surface area contributed by atoms with Crippen molar-refractivity contribution in [3.8, 4) is 0 Å². The number of hydrogen-bond acceptors (Lipinski definition) is 0. The fourth-order valence-corrected chi connectivity index (χ4v) is 1.33. The largest absolute Gasteiger partial charge is 0.416 e. The lowest BCUT2D eigenvalue weighted by molar-refractivity contribution is -0.137. The van der Waals surface area contributed by atoms with Crippen molar-refractivity contribution in [3.05, 3.63) is 35.4 Å². The summed E-state index contributed by atoms with van der Waals surface area (Å²) in [5, 5.41) is 0. The van der Waals surface area contributed by atoms with Crippen molar-refractivity contribution in [1.82, 2.24) is 0 Å². The van der Waals surface area contributed by atoms with Crippen molar-refractivity contribution >= 4 is 0 Å². The van der Waals surface area contributed by atoms with Crippen LogP contribution < -0.4 is 0 Å². The maximum Gasteiger partial charge on any atom is 0.416 e. The molecule has 1 aromatic rings. The molecule has 0 aliphatic heterocycles. The molecule has 0 N–H and O–H groups in total. The van der Waals surface area contributed by atoms with E-state index >= 15 is 0 Å². The third kappa shape index (κ3) is 3.90. The van der Waals surface area contributed by atoms with Crippen LogP contribution in [-0.2, 0) is 12.6 Å². The summed E-state index contributed by atoms with van der Waals surface area (Å²) in [7, 11) is 0. The van der Waals surface area contributed by atoms with Gasteiger partial charge in [0.05, 0.1) is 12.2 Å². The van der Waals surface area contributed by atoms with E-state index < -0.39 is 18.4 Å². The molecule has 84 valence electrons. The van der Waals surface area contributed by atoms with Crippen molar-refractivity contribution in [2.24, 2.45) is 0 Å². The van der Waals surface area contributed by atoms with E-state index in [-0.39, 0.29) is 0 Å². The maximum absolute atomic E-state index is 12.3. The molecule has 0 amide bonds. The van der Waals surface area contributed by atoms with Crippen molar-refractivity contribution < 1.29 is 17.6 Å². The summed E-state index contributed by atoms with van der Waals surface area (Å²) in [4.78, 5) is 0. The number of benzene rings is 1. The molecule has 0 aliphatic carbocycles. The number of rotatable bonds is 4. The predicted molar refractivity (Wildman–Crippen MR) is 50.4 cm³/mol. The Bertz CT molecular complexity index is 304. The van der Waals surface area contributed by atoms with Gasteiger partial charge in [0.25, 0.3) is 0 Å². The van der Waals surface area contributed by atoms with Gasteiger partial charge in [-0.2, -0.15) is 13.2 Å². The molecule has 1 rings (SSSR count). The van der Waals surface area contributed by atoms with Gasteiger partial charge < -0.3 is 0 Å². The van der Waals surface area contributed by atoms with E-state index in [1.807, 2.05) is 0 Å². The van der Waals surface area contributed by atoms with Crippen molar-refractivity contribution in [2.75, 3.05) is 6.67 Å². The number of halogens is 4. The fraction of sp³-hybridized carbons (Fsp3) is 0.455. The molecule has 0 atom stereocenters. The normalized spacial score (nSPS) is 11.7. The molecule has 0 aliphatic rings. The summed E-state index contributed by atoms with van der Waals surface area (Å²) in [5.74, 6) is 0. The van der Waals surface area contributed by atoms with Gasteiger partial charge in [-0.1, -0.05) is 18.2 Å². The van der Waals surface area contributed by atoms with Crippen LogP contribution in [0, 0.1) is 0 Å². The van der Waals surface area contributed by atoms with E-state index in [1.165, 1.54) is 6.07 Å². The van der Waals surface area contributed by atoms with Crippen LogP contribution in [0.5, 0.6) is 0 Å². The van der Waals surface area contributed by atoms with Crippen LogP contribution in [0.2, 0.25) is 0 Å². The molecule has 4 heteroatoms. The average Bonchev–Trinajstić information content (AvgIpc) is 2.17. The van der Waals surface area contributed by atoms with Gasteiger partial charge in [-0.25, -0.2) is 0 Å². The fourth-order valence-electron chi connectivity index (χ4n) is 1.33. The Balaban J connectivity index is 2.66. The highest BCUT2D eigenvalue weighted by molar-refractivity contribution is 5.25. The highest BCUT2D eigenvalue weighted by Gasteiger charge is 2.30. The Labute approximate surface area is 85.9 Å². The standard InChI is InChI=1S/C11H12F4/c12-7-2-1-4-9-5-3-6-10(8-9)11(13,14)15/h3,5-6,8H,1-2,4,7H2. The van der Waals surface area contributed by atoms with Crippen LogP contribution >= 0.6 is 0 Å². The smallest absolute Gasteiger partial charge is 0.251 e. The highest BCUT2D eigenvalue weighted by atomic mass is 19.4. The molecule has 0 bridgehead atoms. The summed E-state index contributed by atoms with van der Waals surface area (Å²) >= 11 is 0. The highest BCUT2D eigenvalue weighted by Crippen LogP contribution is 2.29. The van der Waals surface area contributed by atoms with Crippen LogP contribution in [0.1, 0.15) is 24.0 Å². The molecule has 0 saturated carbocycles. The lowest BCUT2D eigenvalue weighted by Gasteiger charge is -2.08. The summed E-state index contributed by atoms with van der Waals surface area (Å²) in [6.07, 6.45) is -2.82. The molecule has 0 fully saturated rings. The molecule has 0 unspecified atom stereocenters. The summed E-state index contributed by atoms with van der Waals surface area (Å²) < 4.78 is 48.7. The number of hydrogen-bond donors (Lipinski definition) is 0. The van der Waals surface area contributed by atoms with E-state index in [0.29, 0.717) is 24.8 Å². The Morgan fingerprint density at radius 2 is 1.80 bits per heavy atom. The Hall–Kier alpha value is -1.06. The van der Waals surface area contributed by atoms with Crippen molar-refractivity contribution in [3.63, 3.8) is 0 Å². The van der Waals surface area contributed by atoms with Crippen LogP contribution in [0.3, 0.4) is 0 Å². The number of alkyl halides is 4. The van der Waals surface area contributed by atoms with Gasteiger partial charge in [0.2, 0.25) is 0 Å². The summed E-state index contributed by atoms with van der Waals surface area (Å²) in [6.45, 7) is -0.418. The summed E-state index contributed by atoms with van der Waals surface area (Å²) in [6, 6.07) is 5.18. The first-order chi connectivity index (χ1) is 7.04. The minimum Gasteiger partial charge on any atom is -0.251 e. The van der Waals surface area contributed by atoms with E-state index in [2.05, 4.69) is 0 Å². The molecule has 1 aromatic carbocycles. The molecule has 15 heavy (non-hydrogen) atoms. The van der Waals surface area contributed by atoms with E-state index in [9.17, 15) is 17.6 Å². The minimum absolute atomic E-state index is 0.399. The van der Waals surface area contributed by atoms with E-state index in [4.69, 9.17) is 0 Å². The van der Waals surface area contributed by atoms with E-state index in [0.717, 1.165) is 12.1 Å². The average molecular weight is 220 g/mol. The van der Waals surface area contributed by atoms with Crippen LogP contribution in [-0.4, -0.2) is 6.67 Å². The molecule has 0 aromatic heterocycles. The molecular weight excluding hydrogens is 208 g/mol. The number of aryl methyl sites for hydroxylation is 1. The Kier molecular flexibility index (Phi) is 4.12. The first-order valence-electron chi connectivity index (χ1n) is 4.76. The van der Waals surface area contributed by atoms with E-state index in [1.54, 1.807) is 6.07 Å². The van der Waals surface area contributed by atoms with Gasteiger partial charge in [-0.15, -0.1) is 0 Å². The second-order valence-electron chi connectivity index (χ2n) is 3.34. The van der Waals surface area contributed by atoms with Crippen molar-refractivity contribution in [1.29, 1.82) is 0 Å². The Morgan fingerprint density at radius 1 is 1.07 bits per heavy atom. The SMILES string of the molecule is FCCCCc1cccc(C(F)(F)F)c1. The van der Waals surface area contributed by atoms with Gasteiger partial charge in [-0.05, 0) is 30.9 Å². The van der Waals surface area contributed by atoms with Crippen LogP contribution in [0.25, 0.3) is 0 Å². The second kappa shape index (κ2) is 5.14. The quantitative estimate of drug-likeness (QED) is 0.531. The topological polar surface area (TPSA) is 0 Å². The first-order valence-corrected chi connectivity index (χ1v) is 4.76. The zero-order valence-electron chi connectivity index (χ0n) is 8.15. The predicted octanol–water partition coefficient (Wildman–Crippen LogP) is 4.00. The Morgan fingerprint density at radius 3 is 2.40 bits per heavy atom. The lowest BCUT2D eigenvalue weighted by atomic mass is 10.1. The van der Waals surface area contributed by atoms with Gasteiger partial charge in [0.15, 0.2) is 0 Å². The molecule has 0 spiro atoms. The molecule has 0 nitrogen and oxygen atoms in total. The lowest BCUT2D eigenvalue weighted by Crippen LogP contribution is -2.05. The summed E-state index contributed by atoms with van der Waals surface area (Å²) in [5.41, 5.74) is -0.0291. The molecule has 0 saturated heterocycles. The van der Waals surface area contributed by atoms with Crippen molar-refractivity contribution in [2.45, 2.75) is 25.4 Å². The molecular formula is C11H12F4. The third-order valence-corrected chi connectivity index (χ3v) is 2.10. The molecule has 0 radical (unpaired) electrons. The molecule has 0 heterocycles.